The van der Waals surface area contributed by atoms with E-state index in [0.717, 1.165) is 12.8 Å². The zero-order valence-corrected chi connectivity index (χ0v) is 13.4. The predicted molar refractivity (Wildman–Crippen MR) is 82.7 cm³/mol. The van der Waals surface area contributed by atoms with Gasteiger partial charge in [-0.05, 0) is 38.5 Å². The van der Waals surface area contributed by atoms with Crippen LogP contribution in [0.1, 0.15) is 26.7 Å². The van der Waals surface area contributed by atoms with Crippen molar-refractivity contribution < 1.29 is 5.11 Å². The summed E-state index contributed by atoms with van der Waals surface area (Å²) in [5.41, 5.74) is -0.455. The van der Waals surface area contributed by atoms with Crippen LogP contribution in [0.3, 0.4) is 0 Å². The van der Waals surface area contributed by atoms with Gasteiger partial charge in [0.1, 0.15) is 0 Å². The minimum Gasteiger partial charge on any atom is -0.390 e. The third kappa shape index (κ3) is 2.20. The standard InChI is InChI=1S/C15H22N4O3/c1-15(2,22)10-5-9(6-10)7-19-13(20)11-12(16-8-17(11)3)18(4)14(19)21/h8-10,22H,5-7H2,1-4H3/t9-,10-. The van der Waals surface area contributed by atoms with Gasteiger partial charge in [-0.25, -0.2) is 9.78 Å². The molecule has 0 spiro atoms. The Labute approximate surface area is 127 Å². The number of imidazole rings is 1. The van der Waals surface area contributed by atoms with E-state index in [9.17, 15) is 14.7 Å². The molecular weight excluding hydrogens is 284 g/mol. The summed E-state index contributed by atoms with van der Waals surface area (Å²) in [4.78, 5) is 29.1. The van der Waals surface area contributed by atoms with E-state index in [-0.39, 0.29) is 23.1 Å². The van der Waals surface area contributed by atoms with Crippen LogP contribution in [0.5, 0.6) is 0 Å². The molecule has 0 bridgehead atoms. The zero-order chi connectivity index (χ0) is 16.2. The molecule has 0 aliphatic heterocycles. The van der Waals surface area contributed by atoms with Gasteiger partial charge >= 0.3 is 5.69 Å². The molecule has 120 valence electrons. The van der Waals surface area contributed by atoms with Crippen molar-refractivity contribution >= 4 is 11.2 Å². The summed E-state index contributed by atoms with van der Waals surface area (Å²) in [6.07, 6.45) is 3.22. The second-order valence-electron chi connectivity index (χ2n) is 6.97. The van der Waals surface area contributed by atoms with Crippen molar-refractivity contribution in [2.75, 3.05) is 0 Å². The van der Waals surface area contributed by atoms with Crippen molar-refractivity contribution in [1.29, 1.82) is 0 Å². The smallest absolute Gasteiger partial charge is 0.332 e. The summed E-state index contributed by atoms with van der Waals surface area (Å²) in [7, 11) is 3.38. The first-order chi connectivity index (χ1) is 10.2. The molecule has 1 aliphatic rings. The molecule has 0 saturated heterocycles. The lowest BCUT2D eigenvalue weighted by atomic mass is 9.67. The van der Waals surface area contributed by atoms with Crippen molar-refractivity contribution in [2.24, 2.45) is 25.9 Å². The normalized spacial score (nSPS) is 22.0. The fourth-order valence-electron chi connectivity index (χ4n) is 3.28. The second-order valence-corrected chi connectivity index (χ2v) is 6.97. The lowest BCUT2D eigenvalue weighted by Gasteiger charge is -2.42. The number of rotatable bonds is 3. The number of hydrogen-bond acceptors (Lipinski definition) is 4. The topological polar surface area (TPSA) is 82.1 Å². The summed E-state index contributed by atoms with van der Waals surface area (Å²) in [5, 5.41) is 9.98. The van der Waals surface area contributed by atoms with Gasteiger partial charge in [-0.2, -0.15) is 0 Å². The molecule has 0 radical (unpaired) electrons. The van der Waals surface area contributed by atoms with E-state index in [1.165, 1.54) is 9.13 Å². The van der Waals surface area contributed by atoms with Crippen LogP contribution in [-0.2, 0) is 20.6 Å². The molecule has 2 aromatic rings. The van der Waals surface area contributed by atoms with Crippen LogP contribution in [0.15, 0.2) is 15.9 Å². The molecule has 1 aliphatic carbocycles. The monoisotopic (exact) mass is 306 g/mol. The van der Waals surface area contributed by atoms with Crippen LogP contribution >= 0.6 is 0 Å². The number of aliphatic hydroxyl groups is 1. The first-order valence-electron chi connectivity index (χ1n) is 7.53. The number of hydrogen-bond donors (Lipinski definition) is 1. The first kappa shape index (κ1) is 15.0. The zero-order valence-electron chi connectivity index (χ0n) is 13.4. The Morgan fingerprint density at radius 2 is 1.95 bits per heavy atom. The Hall–Kier alpha value is -1.89. The van der Waals surface area contributed by atoms with E-state index in [1.807, 2.05) is 0 Å². The van der Waals surface area contributed by atoms with E-state index in [0.29, 0.717) is 17.7 Å². The maximum absolute atomic E-state index is 12.6. The molecule has 0 atom stereocenters. The molecule has 7 heteroatoms. The van der Waals surface area contributed by atoms with E-state index < -0.39 is 5.60 Å². The Kier molecular flexibility index (Phi) is 3.28. The van der Waals surface area contributed by atoms with Gasteiger partial charge in [0.25, 0.3) is 5.56 Å². The number of aryl methyl sites for hydroxylation is 2. The van der Waals surface area contributed by atoms with Crippen LogP contribution in [0.2, 0.25) is 0 Å². The van der Waals surface area contributed by atoms with Crippen molar-refractivity contribution in [1.82, 2.24) is 18.7 Å². The van der Waals surface area contributed by atoms with E-state index in [2.05, 4.69) is 4.98 Å². The molecule has 1 fully saturated rings. The minimum atomic E-state index is -0.696. The molecule has 0 amide bonds. The number of nitrogens with zero attached hydrogens (tertiary/aromatic N) is 4. The molecular formula is C15H22N4O3. The van der Waals surface area contributed by atoms with Crippen LogP contribution in [0.25, 0.3) is 11.2 Å². The maximum Gasteiger partial charge on any atom is 0.332 e. The van der Waals surface area contributed by atoms with Crippen LogP contribution in [-0.4, -0.2) is 29.4 Å². The highest BCUT2D eigenvalue weighted by molar-refractivity contribution is 5.69. The van der Waals surface area contributed by atoms with Crippen LogP contribution in [0.4, 0.5) is 0 Å². The SMILES string of the molecule is Cn1cnc2c1c(=O)n(C[C@H]1C[C@H](C(C)(C)O)C1)c(=O)n2C. The summed E-state index contributed by atoms with van der Waals surface area (Å²) in [5.74, 6) is 0.491. The van der Waals surface area contributed by atoms with Gasteiger partial charge in [0.05, 0.1) is 11.9 Å². The average molecular weight is 306 g/mol. The Morgan fingerprint density at radius 3 is 2.55 bits per heavy atom. The van der Waals surface area contributed by atoms with Gasteiger partial charge in [0.2, 0.25) is 0 Å². The second kappa shape index (κ2) is 4.81. The minimum absolute atomic E-state index is 0.234. The molecule has 1 N–H and O–H groups in total. The Bertz CT molecular complexity index is 831. The van der Waals surface area contributed by atoms with Gasteiger partial charge in [-0.1, -0.05) is 0 Å². The first-order valence-corrected chi connectivity index (χ1v) is 7.53. The molecule has 2 heterocycles. The summed E-state index contributed by atoms with van der Waals surface area (Å²) >= 11 is 0. The molecule has 0 aromatic carbocycles. The summed E-state index contributed by atoms with van der Waals surface area (Å²) in [6, 6.07) is 0. The summed E-state index contributed by atoms with van der Waals surface area (Å²) in [6.45, 7) is 4.01. The van der Waals surface area contributed by atoms with Crippen LogP contribution < -0.4 is 11.2 Å². The maximum atomic E-state index is 12.6. The molecule has 1 saturated carbocycles. The predicted octanol–water partition coefficient (Wildman–Crippen LogP) is 0.231. The third-order valence-corrected chi connectivity index (χ3v) is 4.88. The molecule has 3 rings (SSSR count). The van der Waals surface area contributed by atoms with Gasteiger partial charge in [0.15, 0.2) is 11.2 Å². The fourth-order valence-corrected chi connectivity index (χ4v) is 3.28. The largest absolute Gasteiger partial charge is 0.390 e. The fraction of sp³-hybridized carbons (Fsp3) is 0.667. The lowest BCUT2D eigenvalue weighted by Crippen LogP contribution is -2.46. The van der Waals surface area contributed by atoms with Crippen molar-refractivity contribution in [2.45, 2.75) is 38.8 Å². The number of aromatic nitrogens is 4. The van der Waals surface area contributed by atoms with Gasteiger partial charge in [0, 0.05) is 20.6 Å². The molecule has 2 aromatic heterocycles. The van der Waals surface area contributed by atoms with E-state index >= 15 is 0 Å². The number of fused-ring (bicyclic) bond motifs is 1. The quantitative estimate of drug-likeness (QED) is 0.880. The van der Waals surface area contributed by atoms with Gasteiger partial charge < -0.3 is 9.67 Å². The molecule has 7 nitrogen and oxygen atoms in total. The Morgan fingerprint density at radius 1 is 1.32 bits per heavy atom. The highest BCUT2D eigenvalue weighted by Crippen LogP contribution is 2.41. The lowest BCUT2D eigenvalue weighted by molar-refractivity contribution is -0.0466. The highest BCUT2D eigenvalue weighted by Gasteiger charge is 2.39. The van der Waals surface area contributed by atoms with Gasteiger partial charge in [-0.3, -0.25) is 13.9 Å². The average Bonchev–Trinajstić information content (AvgIpc) is 2.74. The third-order valence-electron chi connectivity index (χ3n) is 4.88. The van der Waals surface area contributed by atoms with Crippen LogP contribution in [0, 0.1) is 11.8 Å². The molecule has 22 heavy (non-hydrogen) atoms. The molecule has 0 unspecified atom stereocenters. The highest BCUT2D eigenvalue weighted by atomic mass is 16.3. The van der Waals surface area contributed by atoms with Gasteiger partial charge in [-0.15, -0.1) is 0 Å². The van der Waals surface area contributed by atoms with E-state index in [1.54, 1.807) is 38.8 Å². The van der Waals surface area contributed by atoms with Crippen molar-refractivity contribution in [3.8, 4) is 0 Å². The summed E-state index contributed by atoms with van der Waals surface area (Å²) < 4.78 is 4.37. The van der Waals surface area contributed by atoms with E-state index in [4.69, 9.17) is 0 Å². The van der Waals surface area contributed by atoms with Crippen molar-refractivity contribution in [3.05, 3.63) is 27.2 Å². The van der Waals surface area contributed by atoms with Crippen molar-refractivity contribution in [3.63, 3.8) is 0 Å². The Balaban J connectivity index is 1.94.